The summed E-state index contributed by atoms with van der Waals surface area (Å²) in [5.41, 5.74) is 1.06. The van der Waals surface area contributed by atoms with Crippen molar-refractivity contribution in [2.45, 2.75) is 26.4 Å². The lowest BCUT2D eigenvalue weighted by Gasteiger charge is -2.29. The largest absolute Gasteiger partial charge is 0.379 e. The number of nitro benzene ring substituents is 1. The fourth-order valence-electron chi connectivity index (χ4n) is 3.40. The van der Waals surface area contributed by atoms with Crippen molar-refractivity contribution in [2.75, 3.05) is 39.5 Å². The van der Waals surface area contributed by atoms with Gasteiger partial charge in [0.2, 0.25) is 0 Å². The standard InChI is InChI=1S/C20H25N3O6/c1-14(2)29-11-3-8-22-19(24)17(15-4-6-16(7-5-15)23(26)27)18(20(22)25)21-9-12-28-13-10-21/h4-7,14H,3,8-13H2,1-2H3. The molecule has 156 valence electrons. The Labute approximate surface area is 169 Å². The molecular weight excluding hydrogens is 378 g/mol. The van der Waals surface area contributed by atoms with E-state index in [0.717, 1.165) is 0 Å². The molecule has 0 aromatic heterocycles. The van der Waals surface area contributed by atoms with Gasteiger partial charge < -0.3 is 14.4 Å². The van der Waals surface area contributed by atoms with Crippen LogP contribution in [0, 0.1) is 10.1 Å². The van der Waals surface area contributed by atoms with E-state index in [1.54, 1.807) is 0 Å². The SMILES string of the molecule is CC(C)OCCCN1C(=O)C(c2ccc([N+](=O)[O-])cc2)=C(N2CCOCC2)C1=O. The van der Waals surface area contributed by atoms with E-state index in [2.05, 4.69) is 0 Å². The van der Waals surface area contributed by atoms with Crippen molar-refractivity contribution in [3.05, 3.63) is 45.6 Å². The number of nitro groups is 1. The average molecular weight is 403 g/mol. The highest BCUT2D eigenvalue weighted by Crippen LogP contribution is 2.33. The monoisotopic (exact) mass is 403 g/mol. The van der Waals surface area contributed by atoms with Gasteiger partial charge in [-0.15, -0.1) is 0 Å². The summed E-state index contributed by atoms with van der Waals surface area (Å²) in [7, 11) is 0. The highest BCUT2D eigenvalue weighted by Gasteiger charge is 2.41. The number of hydrogen-bond donors (Lipinski definition) is 0. The molecule has 3 rings (SSSR count). The molecule has 2 amide bonds. The van der Waals surface area contributed by atoms with Gasteiger partial charge in [-0.05, 0) is 38.0 Å². The van der Waals surface area contributed by atoms with Crippen LogP contribution < -0.4 is 0 Å². The third-order valence-corrected chi connectivity index (χ3v) is 4.81. The zero-order chi connectivity index (χ0) is 21.0. The zero-order valence-corrected chi connectivity index (χ0v) is 16.6. The van der Waals surface area contributed by atoms with E-state index in [4.69, 9.17) is 9.47 Å². The molecule has 1 saturated heterocycles. The molecular formula is C20H25N3O6. The molecule has 2 heterocycles. The third kappa shape index (κ3) is 4.63. The van der Waals surface area contributed by atoms with Crippen LogP contribution in [0.4, 0.5) is 5.69 Å². The van der Waals surface area contributed by atoms with E-state index >= 15 is 0 Å². The molecule has 0 saturated carbocycles. The third-order valence-electron chi connectivity index (χ3n) is 4.81. The van der Waals surface area contributed by atoms with Gasteiger partial charge in [-0.1, -0.05) is 0 Å². The molecule has 0 aliphatic carbocycles. The molecule has 0 bridgehead atoms. The summed E-state index contributed by atoms with van der Waals surface area (Å²) in [6.45, 7) is 6.53. The molecule has 1 aromatic carbocycles. The average Bonchev–Trinajstić information content (AvgIpc) is 2.96. The first-order valence-corrected chi connectivity index (χ1v) is 9.69. The number of morpholine rings is 1. The Morgan fingerprint density at radius 3 is 2.38 bits per heavy atom. The summed E-state index contributed by atoms with van der Waals surface area (Å²) in [6.07, 6.45) is 0.622. The minimum atomic E-state index is -0.496. The zero-order valence-electron chi connectivity index (χ0n) is 16.6. The van der Waals surface area contributed by atoms with E-state index in [9.17, 15) is 19.7 Å². The number of amides is 2. The second-order valence-electron chi connectivity index (χ2n) is 7.16. The maximum absolute atomic E-state index is 13.1. The number of imide groups is 1. The Hall–Kier alpha value is -2.78. The lowest BCUT2D eigenvalue weighted by Crippen LogP contribution is -2.40. The molecule has 1 fully saturated rings. The van der Waals surface area contributed by atoms with Crippen LogP contribution in [0.2, 0.25) is 0 Å². The number of hydrogen-bond acceptors (Lipinski definition) is 7. The van der Waals surface area contributed by atoms with E-state index in [1.165, 1.54) is 29.2 Å². The van der Waals surface area contributed by atoms with Gasteiger partial charge in [-0.25, -0.2) is 0 Å². The topological polar surface area (TPSA) is 102 Å². The van der Waals surface area contributed by atoms with Gasteiger partial charge in [-0.2, -0.15) is 0 Å². The van der Waals surface area contributed by atoms with Gasteiger partial charge >= 0.3 is 0 Å². The number of nitrogens with zero attached hydrogens (tertiary/aromatic N) is 3. The predicted molar refractivity (Wildman–Crippen MR) is 105 cm³/mol. The molecule has 0 spiro atoms. The van der Waals surface area contributed by atoms with Crippen LogP contribution in [0.5, 0.6) is 0 Å². The van der Waals surface area contributed by atoms with Crippen LogP contribution in [-0.2, 0) is 19.1 Å². The minimum Gasteiger partial charge on any atom is -0.379 e. The molecule has 0 atom stereocenters. The summed E-state index contributed by atoms with van der Waals surface area (Å²) < 4.78 is 10.9. The Bertz CT molecular complexity index is 812. The number of non-ortho nitro benzene ring substituents is 1. The Morgan fingerprint density at radius 2 is 1.79 bits per heavy atom. The van der Waals surface area contributed by atoms with Crippen molar-refractivity contribution < 1.29 is 24.0 Å². The maximum atomic E-state index is 13.1. The van der Waals surface area contributed by atoms with Crippen LogP contribution >= 0.6 is 0 Å². The van der Waals surface area contributed by atoms with Gasteiger partial charge in [0.05, 0.1) is 29.8 Å². The van der Waals surface area contributed by atoms with Crippen LogP contribution in [0.3, 0.4) is 0 Å². The van der Waals surface area contributed by atoms with Crippen LogP contribution in [0.15, 0.2) is 30.0 Å². The van der Waals surface area contributed by atoms with E-state index in [1.807, 2.05) is 18.7 Å². The van der Waals surface area contributed by atoms with E-state index in [-0.39, 0.29) is 35.7 Å². The molecule has 0 unspecified atom stereocenters. The van der Waals surface area contributed by atoms with Crippen molar-refractivity contribution >= 4 is 23.1 Å². The van der Waals surface area contributed by atoms with Crippen molar-refractivity contribution in [3.63, 3.8) is 0 Å². The first-order valence-electron chi connectivity index (χ1n) is 9.69. The highest BCUT2D eigenvalue weighted by molar-refractivity contribution is 6.35. The summed E-state index contributed by atoms with van der Waals surface area (Å²) in [6, 6.07) is 5.72. The van der Waals surface area contributed by atoms with Crippen molar-refractivity contribution in [1.29, 1.82) is 0 Å². The van der Waals surface area contributed by atoms with E-state index in [0.29, 0.717) is 50.6 Å². The van der Waals surface area contributed by atoms with Crippen molar-refractivity contribution in [1.82, 2.24) is 9.80 Å². The van der Waals surface area contributed by atoms with Crippen LogP contribution in [-0.4, -0.2) is 72.1 Å². The summed E-state index contributed by atoms with van der Waals surface area (Å²) in [4.78, 5) is 39.8. The van der Waals surface area contributed by atoms with Gasteiger partial charge in [-0.3, -0.25) is 24.6 Å². The van der Waals surface area contributed by atoms with Gasteiger partial charge in [0.15, 0.2) is 0 Å². The predicted octanol–water partition coefficient (Wildman–Crippen LogP) is 1.82. The van der Waals surface area contributed by atoms with Gasteiger partial charge in [0.25, 0.3) is 17.5 Å². The molecule has 9 heteroatoms. The summed E-state index contributed by atoms with van der Waals surface area (Å²) in [5.74, 6) is -0.718. The molecule has 2 aliphatic heterocycles. The lowest BCUT2D eigenvalue weighted by atomic mass is 10.0. The maximum Gasteiger partial charge on any atom is 0.277 e. The second-order valence-corrected chi connectivity index (χ2v) is 7.16. The number of ether oxygens (including phenoxy) is 2. The first-order chi connectivity index (χ1) is 13.9. The fourth-order valence-corrected chi connectivity index (χ4v) is 3.40. The number of carbonyl (C=O) groups excluding carboxylic acids is 2. The molecule has 0 N–H and O–H groups in total. The first kappa shape index (κ1) is 20.9. The van der Waals surface area contributed by atoms with Crippen LogP contribution in [0.25, 0.3) is 5.57 Å². The molecule has 29 heavy (non-hydrogen) atoms. The number of rotatable bonds is 8. The Kier molecular flexibility index (Phi) is 6.60. The molecule has 0 radical (unpaired) electrons. The highest BCUT2D eigenvalue weighted by atomic mass is 16.6. The molecule has 9 nitrogen and oxygen atoms in total. The van der Waals surface area contributed by atoms with Gasteiger partial charge in [0.1, 0.15) is 5.70 Å². The molecule has 1 aromatic rings. The number of carbonyl (C=O) groups is 2. The van der Waals surface area contributed by atoms with Crippen molar-refractivity contribution in [3.8, 4) is 0 Å². The molecule has 2 aliphatic rings. The smallest absolute Gasteiger partial charge is 0.277 e. The summed E-state index contributed by atoms with van der Waals surface area (Å²) in [5, 5.41) is 10.9. The number of benzene rings is 1. The second kappa shape index (κ2) is 9.15. The van der Waals surface area contributed by atoms with E-state index < -0.39 is 4.92 Å². The Balaban J connectivity index is 1.88. The fraction of sp³-hybridized carbons (Fsp3) is 0.500. The Morgan fingerprint density at radius 1 is 1.14 bits per heavy atom. The minimum absolute atomic E-state index is 0.0678. The quantitative estimate of drug-likeness (QED) is 0.282. The summed E-state index contributed by atoms with van der Waals surface area (Å²) >= 11 is 0. The van der Waals surface area contributed by atoms with Crippen LogP contribution in [0.1, 0.15) is 25.8 Å². The normalized spacial score (nSPS) is 17.6. The van der Waals surface area contributed by atoms with Crippen molar-refractivity contribution in [2.24, 2.45) is 0 Å². The lowest BCUT2D eigenvalue weighted by molar-refractivity contribution is -0.384. The van der Waals surface area contributed by atoms with Gasteiger partial charge in [0, 0.05) is 38.4 Å².